The molecule has 122 valence electrons. The van der Waals surface area contributed by atoms with E-state index in [0.717, 1.165) is 0 Å². The normalized spacial score (nSPS) is 13.3. The second-order valence-electron chi connectivity index (χ2n) is 6.25. The molecule has 0 amide bonds. The molecule has 0 N–H and O–H groups in total. The van der Waals surface area contributed by atoms with Gasteiger partial charge in [0.2, 0.25) is 0 Å². The molecule has 0 fully saturated rings. The minimum Gasteiger partial charge on any atom is -0.421 e. The van der Waals surface area contributed by atoms with E-state index in [1.54, 1.807) is 0 Å². The van der Waals surface area contributed by atoms with Gasteiger partial charge in [0.05, 0.1) is 0 Å². The van der Waals surface area contributed by atoms with Crippen molar-refractivity contribution >= 4 is 9.76 Å². The third-order valence-electron chi connectivity index (χ3n) is 4.09. The molecule has 0 aromatic rings. The van der Waals surface area contributed by atoms with Crippen molar-refractivity contribution in [3.63, 3.8) is 0 Å². The van der Waals surface area contributed by atoms with Gasteiger partial charge in [-0.1, -0.05) is 91.4 Å². The van der Waals surface area contributed by atoms with E-state index in [1.165, 1.54) is 89.5 Å². The van der Waals surface area contributed by atoms with Gasteiger partial charge in [-0.25, -0.2) is 0 Å². The Morgan fingerprint density at radius 1 is 0.650 bits per heavy atom. The zero-order valence-corrected chi connectivity index (χ0v) is 16.0. The molecule has 0 aliphatic carbocycles. The second-order valence-corrected chi connectivity index (χ2v) is 7.70. The SMILES string of the molecule is CCCCCCCCCC[SiH2]OC(CCC)CCCC. The fraction of sp³-hybridized carbons (Fsp3) is 1.00. The second kappa shape index (κ2) is 17.2. The lowest BCUT2D eigenvalue weighted by Crippen LogP contribution is -2.15. The van der Waals surface area contributed by atoms with Crippen molar-refractivity contribution < 1.29 is 4.43 Å². The van der Waals surface area contributed by atoms with Gasteiger partial charge < -0.3 is 4.43 Å². The third kappa shape index (κ3) is 14.6. The Bertz CT molecular complexity index is 173. The maximum Gasteiger partial charge on any atom is 0.161 e. The Morgan fingerprint density at radius 2 is 1.25 bits per heavy atom. The number of hydrogen-bond donors (Lipinski definition) is 0. The van der Waals surface area contributed by atoms with Crippen LogP contribution in [-0.4, -0.2) is 15.9 Å². The summed E-state index contributed by atoms with van der Waals surface area (Å²) in [6, 6.07) is 1.40. The summed E-state index contributed by atoms with van der Waals surface area (Å²) in [5.41, 5.74) is 0. The Balaban J connectivity index is 3.27. The van der Waals surface area contributed by atoms with E-state index < -0.39 is 0 Å². The van der Waals surface area contributed by atoms with Crippen LogP contribution in [0.25, 0.3) is 0 Å². The van der Waals surface area contributed by atoms with E-state index >= 15 is 0 Å². The Kier molecular flexibility index (Phi) is 17.4. The summed E-state index contributed by atoms with van der Waals surface area (Å²) in [6.07, 6.45) is 18.6. The van der Waals surface area contributed by atoms with Gasteiger partial charge in [-0.15, -0.1) is 0 Å². The summed E-state index contributed by atoms with van der Waals surface area (Å²) < 4.78 is 6.18. The van der Waals surface area contributed by atoms with Crippen molar-refractivity contribution in [2.24, 2.45) is 0 Å². The van der Waals surface area contributed by atoms with Gasteiger partial charge in [-0.3, -0.25) is 0 Å². The molecule has 1 atom stereocenters. The highest BCUT2D eigenvalue weighted by atomic mass is 28.2. The molecule has 0 bridgehead atoms. The highest BCUT2D eigenvalue weighted by Gasteiger charge is 2.06. The molecule has 20 heavy (non-hydrogen) atoms. The van der Waals surface area contributed by atoms with Crippen LogP contribution in [-0.2, 0) is 4.43 Å². The molecule has 0 aromatic carbocycles. The van der Waals surface area contributed by atoms with Gasteiger partial charge in [-0.05, 0) is 18.9 Å². The van der Waals surface area contributed by atoms with E-state index in [1.807, 2.05) is 0 Å². The quantitative estimate of drug-likeness (QED) is 0.251. The van der Waals surface area contributed by atoms with Gasteiger partial charge in [-0.2, -0.15) is 0 Å². The monoisotopic (exact) mass is 300 g/mol. The molecule has 0 saturated carbocycles. The lowest BCUT2D eigenvalue weighted by atomic mass is 10.1. The van der Waals surface area contributed by atoms with Crippen molar-refractivity contribution in [3.05, 3.63) is 0 Å². The summed E-state index contributed by atoms with van der Waals surface area (Å²) in [5, 5.41) is 0. The summed E-state index contributed by atoms with van der Waals surface area (Å²) >= 11 is 0. The largest absolute Gasteiger partial charge is 0.421 e. The van der Waals surface area contributed by atoms with Crippen LogP contribution in [0.4, 0.5) is 0 Å². The first-order chi connectivity index (χ1) is 9.85. The maximum atomic E-state index is 6.18. The topological polar surface area (TPSA) is 9.23 Å². The van der Waals surface area contributed by atoms with E-state index in [9.17, 15) is 0 Å². The zero-order chi connectivity index (χ0) is 14.9. The Labute approximate surface area is 131 Å². The van der Waals surface area contributed by atoms with Crippen LogP contribution in [0, 0.1) is 0 Å². The van der Waals surface area contributed by atoms with Gasteiger partial charge >= 0.3 is 0 Å². The highest BCUT2D eigenvalue weighted by Crippen LogP contribution is 2.13. The molecule has 0 rings (SSSR count). The molecule has 2 heteroatoms. The first-order valence-corrected chi connectivity index (χ1v) is 11.0. The molecule has 1 unspecified atom stereocenters. The first-order valence-electron chi connectivity index (χ1n) is 9.46. The molecule has 0 heterocycles. The van der Waals surface area contributed by atoms with E-state index in [-0.39, 0.29) is 9.76 Å². The minimum absolute atomic E-state index is 0.232. The fourth-order valence-electron chi connectivity index (χ4n) is 2.73. The third-order valence-corrected chi connectivity index (χ3v) is 5.59. The lowest BCUT2D eigenvalue weighted by Gasteiger charge is -2.17. The van der Waals surface area contributed by atoms with E-state index in [2.05, 4.69) is 20.8 Å². The van der Waals surface area contributed by atoms with Gasteiger partial charge in [0.25, 0.3) is 0 Å². The minimum atomic E-state index is -0.232. The summed E-state index contributed by atoms with van der Waals surface area (Å²) in [5.74, 6) is 0. The number of unbranched alkanes of at least 4 members (excludes halogenated alkanes) is 8. The van der Waals surface area contributed by atoms with E-state index in [0.29, 0.717) is 6.10 Å². The van der Waals surface area contributed by atoms with Gasteiger partial charge in [0.15, 0.2) is 9.76 Å². The van der Waals surface area contributed by atoms with Crippen molar-refractivity contribution in [2.75, 3.05) is 0 Å². The van der Waals surface area contributed by atoms with Gasteiger partial charge in [0.1, 0.15) is 0 Å². The van der Waals surface area contributed by atoms with Gasteiger partial charge in [0, 0.05) is 6.10 Å². The summed E-state index contributed by atoms with van der Waals surface area (Å²) in [7, 11) is -0.232. The van der Waals surface area contributed by atoms with Crippen molar-refractivity contribution in [1.29, 1.82) is 0 Å². The average Bonchev–Trinajstić information content (AvgIpc) is 2.46. The number of hydrogen-bond acceptors (Lipinski definition) is 1. The first kappa shape index (κ1) is 20.2. The molecule has 0 aliphatic heterocycles. The standard InChI is InChI=1S/C18H40OSi/c1-4-7-9-10-11-12-13-14-17-20-19-18(15-6-3)16-8-5-2/h18H,4-17,20H2,1-3H3. The summed E-state index contributed by atoms with van der Waals surface area (Å²) in [6.45, 7) is 6.85. The lowest BCUT2D eigenvalue weighted by molar-refractivity contribution is 0.184. The molecule has 0 aromatic heterocycles. The molecule has 0 saturated heterocycles. The fourth-order valence-corrected chi connectivity index (χ4v) is 4.12. The molecule has 0 spiro atoms. The Morgan fingerprint density at radius 3 is 1.85 bits per heavy atom. The van der Waals surface area contributed by atoms with Crippen molar-refractivity contribution in [2.45, 2.75) is 116 Å². The van der Waals surface area contributed by atoms with Crippen LogP contribution in [0.5, 0.6) is 0 Å². The van der Waals surface area contributed by atoms with Crippen LogP contribution in [0.15, 0.2) is 0 Å². The molecule has 1 nitrogen and oxygen atoms in total. The summed E-state index contributed by atoms with van der Waals surface area (Å²) in [4.78, 5) is 0. The highest BCUT2D eigenvalue weighted by molar-refractivity contribution is 6.27. The molecular formula is C18H40OSi. The zero-order valence-electron chi connectivity index (χ0n) is 14.6. The molecule has 0 aliphatic rings. The van der Waals surface area contributed by atoms with E-state index in [4.69, 9.17) is 4.43 Å². The predicted octanol–water partition coefficient (Wildman–Crippen LogP) is 6.00. The average molecular weight is 301 g/mol. The van der Waals surface area contributed by atoms with Crippen LogP contribution in [0.1, 0.15) is 104 Å². The Hall–Kier alpha value is 0.177. The molecular weight excluding hydrogens is 260 g/mol. The van der Waals surface area contributed by atoms with Crippen molar-refractivity contribution in [1.82, 2.24) is 0 Å². The van der Waals surface area contributed by atoms with Crippen LogP contribution < -0.4 is 0 Å². The van der Waals surface area contributed by atoms with Crippen LogP contribution in [0.3, 0.4) is 0 Å². The smallest absolute Gasteiger partial charge is 0.161 e. The number of rotatable bonds is 16. The predicted molar refractivity (Wildman–Crippen MR) is 95.3 cm³/mol. The van der Waals surface area contributed by atoms with Crippen molar-refractivity contribution in [3.8, 4) is 0 Å². The molecule has 0 radical (unpaired) electrons. The maximum absolute atomic E-state index is 6.18. The van der Waals surface area contributed by atoms with Crippen LogP contribution in [0.2, 0.25) is 6.04 Å². The van der Waals surface area contributed by atoms with Crippen LogP contribution >= 0.6 is 0 Å².